The van der Waals surface area contributed by atoms with E-state index in [4.69, 9.17) is 10.5 Å². The van der Waals surface area contributed by atoms with Crippen molar-refractivity contribution in [3.8, 4) is 0 Å². The van der Waals surface area contributed by atoms with E-state index in [-0.39, 0.29) is 6.10 Å². The van der Waals surface area contributed by atoms with Gasteiger partial charge in [-0.05, 0) is 32.6 Å². The minimum atomic E-state index is -0.666. The number of carbonyl (C=O) groups is 2. The minimum absolute atomic E-state index is 0.168. The highest BCUT2D eigenvalue weighted by molar-refractivity contribution is 6.39. The summed E-state index contributed by atoms with van der Waals surface area (Å²) in [6.45, 7) is 9.11. The van der Waals surface area contributed by atoms with Crippen LogP contribution in [0.3, 0.4) is 0 Å². The van der Waals surface area contributed by atoms with Crippen LogP contribution in [-0.4, -0.2) is 34.8 Å². The van der Waals surface area contributed by atoms with Crippen LogP contribution in [0, 0.1) is 5.92 Å². The summed E-state index contributed by atoms with van der Waals surface area (Å²) in [5, 5.41) is 2.65. The van der Waals surface area contributed by atoms with Gasteiger partial charge in [-0.1, -0.05) is 38.2 Å². The van der Waals surface area contributed by atoms with Gasteiger partial charge in [0.15, 0.2) is 0 Å². The van der Waals surface area contributed by atoms with Crippen LogP contribution in [0.2, 0.25) is 0 Å². The maximum atomic E-state index is 12.3. The van der Waals surface area contributed by atoms with E-state index in [0.717, 1.165) is 11.1 Å². The predicted octanol–water partition coefficient (Wildman–Crippen LogP) is 3.59. The topological polar surface area (TPSA) is 97.6 Å². The largest absolute Gasteiger partial charge is 0.383 e. The molecule has 0 bridgehead atoms. The van der Waals surface area contributed by atoms with Crippen LogP contribution >= 0.6 is 0 Å². The number of nitrogens with zero attached hydrogens (tertiary/aromatic N) is 2. The monoisotopic (exact) mass is 400 g/mol. The molecule has 2 amide bonds. The Bertz CT molecular complexity index is 775. The summed E-state index contributed by atoms with van der Waals surface area (Å²) >= 11 is 0. The van der Waals surface area contributed by atoms with Crippen molar-refractivity contribution >= 4 is 23.3 Å². The van der Waals surface area contributed by atoms with E-state index in [1.807, 2.05) is 27.7 Å². The fourth-order valence-corrected chi connectivity index (χ4v) is 3.25. The maximum absolute atomic E-state index is 12.3. The fraction of sp³-hybridized carbons (Fsp3) is 0.500. The van der Waals surface area contributed by atoms with Gasteiger partial charge in [0.2, 0.25) is 0 Å². The molecule has 1 atom stereocenters. The lowest BCUT2D eigenvalue weighted by atomic mass is 10.1. The molecule has 158 valence electrons. The summed E-state index contributed by atoms with van der Waals surface area (Å²) in [6, 6.07) is 0. The maximum Gasteiger partial charge on any atom is 0.313 e. The normalized spacial score (nSPS) is 16.8. The molecular formula is C22H32N4O3. The van der Waals surface area contributed by atoms with Crippen LogP contribution in [-0.2, 0) is 20.9 Å². The van der Waals surface area contributed by atoms with Crippen molar-refractivity contribution in [3.05, 3.63) is 41.6 Å². The summed E-state index contributed by atoms with van der Waals surface area (Å²) in [7, 11) is 0. The van der Waals surface area contributed by atoms with E-state index < -0.39 is 11.8 Å². The average Bonchev–Trinajstić information content (AvgIpc) is 3.12. The Labute approximate surface area is 173 Å². The fourth-order valence-electron chi connectivity index (χ4n) is 3.25. The first-order valence-corrected chi connectivity index (χ1v) is 10.2. The molecule has 3 N–H and O–H groups in total. The number of anilines is 2. The van der Waals surface area contributed by atoms with Crippen LogP contribution in [0.4, 0.5) is 11.5 Å². The third kappa shape index (κ3) is 6.15. The van der Waals surface area contributed by atoms with E-state index in [1.165, 1.54) is 23.9 Å². The molecule has 1 aliphatic carbocycles. The van der Waals surface area contributed by atoms with Crippen molar-refractivity contribution in [2.24, 2.45) is 5.92 Å². The first-order chi connectivity index (χ1) is 13.8. The molecule has 1 unspecified atom stereocenters. The van der Waals surface area contributed by atoms with Crippen molar-refractivity contribution in [1.82, 2.24) is 9.88 Å². The number of nitrogens with one attached hydrogen (secondary N) is 1. The molecule has 2 aliphatic rings. The van der Waals surface area contributed by atoms with Crippen molar-refractivity contribution in [1.29, 1.82) is 0 Å². The third-order valence-corrected chi connectivity index (χ3v) is 4.72. The Balaban J connectivity index is 0.000000426. The van der Waals surface area contributed by atoms with Gasteiger partial charge in [-0.25, -0.2) is 4.98 Å². The van der Waals surface area contributed by atoms with Crippen molar-refractivity contribution in [2.75, 3.05) is 24.1 Å². The number of pyridine rings is 1. The second-order valence-electron chi connectivity index (χ2n) is 7.53. The van der Waals surface area contributed by atoms with Gasteiger partial charge in [0, 0.05) is 24.2 Å². The number of carbonyl (C=O) groups excluding carboxylic acids is 2. The molecule has 1 aliphatic heterocycles. The van der Waals surface area contributed by atoms with Crippen molar-refractivity contribution in [3.63, 3.8) is 0 Å². The number of hydrogen-bond donors (Lipinski definition) is 2. The molecule has 1 aromatic rings. The van der Waals surface area contributed by atoms with Gasteiger partial charge in [0.1, 0.15) is 5.82 Å². The van der Waals surface area contributed by atoms with Crippen LogP contribution in [0.5, 0.6) is 0 Å². The Morgan fingerprint density at radius 3 is 2.48 bits per heavy atom. The molecule has 29 heavy (non-hydrogen) atoms. The third-order valence-electron chi connectivity index (χ3n) is 4.72. The summed E-state index contributed by atoms with van der Waals surface area (Å²) in [4.78, 5) is 30.2. The summed E-state index contributed by atoms with van der Waals surface area (Å²) < 4.78 is 5.54. The lowest BCUT2D eigenvalue weighted by molar-refractivity contribution is -0.143. The zero-order valence-electron chi connectivity index (χ0n) is 17.8. The molecule has 0 fully saturated rings. The highest BCUT2D eigenvalue weighted by Gasteiger charge is 2.28. The van der Waals surface area contributed by atoms with Crippen LogP contribution in [0.15, 0.2) is 30.5 Å². The average molecular weight is 401 g/mol. The number of likely N-dealkylation sites (N-methyl/N-ethyl adjacent to an activating group) is 1. The molecule has 7 nitrogen and oxygen atoms in total. The molecule has 1 aromatic heterocycles. The number of hydrogen-bond acceptors (Lipinski definition) is 5. The molecule has 0 saturated heterocycles. The van der Waals surface area contributed by atoms with Crippen LogP contribution in [0.25, 0.3) is 0 Å². The number of allylic oxidation sites excluding steroid dienone is 4. The molecule has 0 aromatic carbocycles. The number of nitrogens with two attached hydrogens (primary N) is 1. The zero-order valence-corrected chi connectivity index (χ0v) is 17.8. The summed E-state index contributed by atoms with van der Waals surface area (Å²) in [5.41, 5.74) is 7.92. The smallest absolute Gasteiger partial charge is 0.313 e. The number of nitrogen functional groups attached to an aromatic ring is 1. The highest BCUT2D eigenvalue weighted by atomic mass is 16.5. The highest BCUT2D eigenvalue weighted by Crippen LogP contribution is 2.37. The number of amides is 2. The standard InChI is InChI=1S/C16H24N4O3.C6H8/c1-5-20(7-9(2)3)16(22)15(21)19-12-6-18-14(17)13-10(4)23-8-11(12)13;1-2-4-6-5-3-1/h6,9-10H,5,7-8H2,1-4H3,(H2,17,18)(H,19,21);1-4H,5-6H2. The second-order valence-corrected chi connectivity index (χ2v) is 7.53. The van der Waals surface area contributed by atoms with Gasteiger partial charge in [-0.2, -0.15) is 0 Å². The zero-order chi connectivity index (χ0) is 21.4. The number of rotatable bonds is 4. The van der Waals surface area contributed by atoms with Gasteiger partial charge in [-0.15, -0.1) is 0 Å². The molecule has 0 saturated carbocycles. The Morgan fingerprint density at radius 1 is 1.31 bits per heavy atom. The second kappa shape index (κ2) is 10.8. The lowest BCUT2D eigenvalue weighted by Gasteiger charge is -2.22. The van der Waals surface area contributed by atoms with Gasteiger partial charge < -0.3 is 20.7 Å². The van der Waals surface area contributed by atoms with E-state index in [9.17, 15) is 9.59 Å². The van der Waals surface area contributed by atoms with E-state index in [1.54, 1.807) is 0 Å². The SMILES string of the molecule is C1=CCCC=C1.CCN(CC(C)C)C(=O)C(=O)Nc1cnc(N)c2c1COC2C. The van der Waals surface area contributed by atoms with Gasteiger partial charge >= 0.3 is 11.8 Å². The van der Waals surface area contributed by atoms with Crippen molar-refractivity contribution < 1.29 is 14.3 Å². The quantitative estimate of drug-likeness (QED) is 0.753. The summed E-state index contributed by atoms with van der Waals surface area (Å²) in [6.07, 6.45) is 12.3. The molecule has 0 radical (unpaired) electrons. The first-order valence-electron chi connectivity index (χ1n) is 10.2. The van der Waals surface area contributed by atoms with Crippen molar-refractivity contribution in [2.45, 2.75) is 53.2 Å². The van der Waals surface area contributed by atoms with Gasteiger partial charge in [0.05, 0.1) is 24.6 Å². The molecule has 0 spiro atoms. The summed E-state index contributed by atoms with van der Waals surface area (Å²) in [5.74, 6) is -0.521. The molecule has 7 heteroatoms. The number of ether oxygens (including phenoxy) is 1. The molecule has 2 heterocycles. The van der Waals surface area contributed by atoms with E-state index in [2.05, 4.69) is 34.6 Å². The first kappa shape index (κ1) is 22.6. The Hall–Kier alpha value is -2.67. The predicted molar refractivity (Wildman–Crippen MR) is 115 cm³/mol. The molecule has 3 rings (SSSR count). The molecular weight excluding hydrogens is 368 g/mol. The van der Waals surface area contributed by atoms with E-state index in [0.29, 0.717) is 37.1 Å². The number of fused-ring (bicyclic) bond motifs is 1. The van der Waals surface area contributed by atoms with Gasteiger partial charge in [-0.3, -0.25) is 9.59 Å². The minimum Gasteiger partial charge on any atom is -0.383 e. The van der Waals surface area contributed by atoms with E-state index >= 15 is 0 Å². The number of aromatic nitrogens is 1. The lowest BCUT2D eigenvalue weighted by Crippen LogP contribution is -2.41. The Morgan fingerprint density at radius 2 is 1.97 bits per heavy atom. The van der Waals surface area contributed by atoms with Crippen LogP contribution < -0.4 is 11.1 Å². The Kier molecular flexibility index (Phi) is 8.39. The van der Waals surface area contributed by atoms with Gasteiger partial charge in [0.25, 0.3) is 0 Å². The van der Waals surface area contributed by atoms with Crippen LogP contribution in [0.1, 0.15) is 57.8 Å².